The number of hydrogen-bond donors (Lipinski definition) is 0. The average molecular weight is 231 g/mol. The van der Waals surface area contributed by atoms with Gasteiger partial charge in [0.05, 0.1) is 5.69 Å². The highest BCUT2D eigenvalue weighted by Gasteiger charge is 2.54. The van der Waals surface area contributed by atoms with Crippen LogP contribution in [0.2, 0.25) is 0 Å². The maximum absolute atomic E-state index is 12.3. The van der Waals surface area contributed by atoms with E-state index in [1.807, 2.05) is 24.3 Å². The van der Waals surface area contributed by atoms with Gasteiger partial charge >= 0.3 is 5.97 Å². The van der Waals surface area contributed by atoms with Gasteiger partial charge in [0.25, 0.3) is 5.91 Å². The Bertz CT molecular complexity index is 511. The summed E-state index contributed by atoms with van der Waals surface area (Å²) in [6.45, 7) is 0. The third kappa shape index (κ3) is 1.24. The van der Waals surface area contributed by atoms with E-state index in [0.29, 0.717) is 19.3 Å². The summed E-state index contributed by atoms with van der Waals surface area (Å²) in [7, 11) is 1.72. The maximum Gasteiger partial charge on any atom is 0.307 e. The molecule has 1 aromatic rings. The predicted molar refractivity (Wildman–Crippen MR) is 61.5 cm³/mol. The number of ether oxygens (including phenoxy) is 1. The van der Waals surface area contributed by atoms with Gasteiger partial charge in [-0.15, -0.1) is 0 Å². The Morgan fingerprint density at radius 3 is 2.82 bits per heavy atom. The summed E-state index contributed by atoms with van der Waals surface area (Å²) in [6.07, 6.45) is 1.69. The third-order valence-electron chi connectivity index (χ3n) is 3.55. The van der Waals surface area contributed by atoms with Crippen molar-refractivity contribution < 1.29 is 14.3 Å². The van der Waals surface area contributed by atoms with Gasteiger partial charge in [0, 0.05) is 25.5 Å². The van der Waals surface area contributed by atoms with Crippen LogP contribution in [0.4, 0.5) is 5.69 Å². The number of rotatable bonds is 0. The van der Waals surface area contributed by atoms with Crippen LogP contribution < -0.4 is 4.90 Å². The number of nitrogens with zero attached hydrogens (tertiary/aromatic N) is 1. The number of para-hydroxylation sites is 1. The van der Waals surface area contributed by atoms with Crippen LogP contribution >= 0.6 is 0 Å². The molecule has 1 fully saturated rings. The van der Waals surface area contributed by atoms with Crippen molar-refractivity contribution in [3.8, 4) is 0 Å². The van der Waals surface area contributed by atoms with Crippen LogP contribution in [-0.4, -0.2) is 18.9 Å². The van der Waals surface area contributed by atoms with Gasteiger partial charge < -0.3 is 9.64 Å². The van der Waals surface area contributed by atoms with E-state index in [1.165, 1.54) is 0 Å². The minimum Gasteiger partial charge on any atom is -0.444 e. The zero-order valence-corrected chi connectivity index (χ0v) is 9.60. The highest BCUT2D eigenvalue weighted by Crippen LogP contribution is 2.46. The molecule has 1 aromatic carbocycles. The molecule has 2 heterocycles. The third-order valence-corrected chi connectivity index (χ3v) is 3.55. The normalized spacial score (nSPS) is 27.2. The van der Waals surface area contributed by atoms with Gasteiger partial charge in [0.15, 0.2) is 0 Å². The van der Waals surface area contributed by atoms with Gasteiger partial charge in [-0.3, -0.25) is 9.59 Å². The van der Waals surface area contributed by atoms with Crippen molar-refractivity contribution in [2.24, 2.45) is 0 Å². The zero-order valence-electron chi connectivity index (χ0n) is 9.60. The molecule has 17 heavy (non-hydrogen) atoms. The van der Waals surface area contributed by atoms with Crippen LogP contribution in [0.5, 0.6) is 0 Å². The predicted octanol–water partition coefficient (Wildman–Crippen LogP) is 1.59. The number of benzene rings is 1. The van der Waals surface area contributed by atoms with Crippen LogP contribution in [0.25, 0.3) is 0 Å². The molecule has 0 radical (unpaired) electrons. The van der Waals surface area contributed by atoms with E-state index in [0.717, 1.165) is 11.3 Å². The smallest absolute Gasteiger partial charge is 0.307 e. The zero-order chi connectivity index (χ0) is 12.0. The molecule has 1 saturated heterocycles. The number of anilines is 1. The summed E-state index contributed by atoms with van der Waals surface area (Å²) in [5.41, 5.74) is 0.605. The molecule has 1 atom stereocenters. The van der Waals surface area contributed by atoms with Gasteiger partial charge in [-0.1, -0.05) is 18.2 Å². The van der Waals surface area contributed by atoms with Crippen molar-refractivity contribution in [2.45, 2.75) is 24.9 Å². The molecule has 1 spiro atoms. The summed E-state index contributed by atoms with van der Waals surface area (Å²) in [5, 5.41) is 0. The molecule has 2 aliphatic rings. The number of amides is 1. The minimum atomic E-state index is -1.05. The number of esters is 1. The van der Waals surface area contributed by atoms with Gasteiger partial charge in [0.1, 0.15) is 0 Å². The second-order valence-corrected chi connectivity index (χ2v) is 4.54. The first-order chi connectivity index (χ1) is 8.15. The lowest BCUT2D eigenvalue weighted by Crippen LogP contribution is -2.44. The monoisotopic (exact) mass is 231 g/mol. The molecule has 0 aliphatic carbocycles. The molecular formula is C13H13NO3. The molecule has 1 unspecified atom stereocenters. The number of fused-ring (bicyclic) bond motifs is 2. The topological polar surface area (TPSA) is 46.6 Å². The van der Waals surface area contributed by atoms with Crippen LogP contribution in [0.15, 0.2) is 24.3 Å². The van der Waals surface area contributed by atoms with E-state index in [2.05, 4.69) is 0 Å². The summed E-state index contributed by atoms with van der Waals surface area (Å²) in [5.74, 6) is -0.415. The van der Waals surface area contributed by atoms with Crippen LogP contribution in [0, 0.1) is 0 Å². The van der Waals surface area contributed by atoms with E-state index >= 15 is 0 Å². The molecule has 0 N–H and O–H groups in total. The van der Waals surface area contributed by atoms with Gasteiger partial charge in [-0.2, -0.15) is 0 Å². The van der Waals surface area contributed by atoms with E-state index in [-0.39, 0.29) is 11.9 Å². The fourth-order valence-corrected chi connectivity index (χ4v) is 2.72. The lowest BCUT2D eigenvalue weighted by atomic mass is 9.87. The minimum absolute atomic E-state index is 0.133. The molecule has 2 aliphatic heterocycles. The Labute approximate surface area is 99.2 Å². The van der Waals surface area contributed by atoms with Crippen molar-refractivity contribution in [1.29, 1.82) is 0 Å². The molecule has 1 amide bonds. The Balaban J connectivity index is 2.17. The largest absolute Gasteiger partial charge is 0.444 e. The summed E-state index contributed by atoms with van der Waals surface area (Å²) in [6, 6.07) is 7.50. The fourth-order valence-electron chi connectivity index (χ4n) is 2.72. The van der Waals surface area contributed by atoms with Crippen LogP contribution in [0.1, 0.15) is 24.8 Å². The first-order valence-electron chi connectivity index (χ1n) is 5.75. The molecule has 0 bridgehead atoms. The van der Waals surface area contributed by atoms with Crippen LogP contribution in [0.3, 0.4) is 0 Å². The second kappa shape index (κ2) is 3.32. The summed E-state index contributed by atoms with van der Waals surface area (Å²) in [4.78, 5) is 25.4. The SMILES string of the molecule is CN1C(=O)C2(CCCC(=O)O2)c2ccccc21. The molecule has 0 saturated carbocycles. The Kier molecular flexibility index (Phi) is 2.02. The quantitative estimate of drug-likeness (QED) is 0.637. The number of carbonyl (C=O) groups excluding carboxylic acids is 2. The molecule has 0 aromatic heterocycles. The van der Waals surface area contributed by atoms with Crippen molar-refractivity contribution in [1.82, 2.24) is 0 Å². The number of carbonyl (C=O) groups is 2. The lowest BCUT2D eigenvalue weighted by molar-refractivity contribution is -0.174. The van der Waals surface area contributed by atoms with Gasteiger partial charge in [-0.25, -0.2) is 0 Å². The second-order valence-electron chi connectivity index (χ2n) is 4.54. The number of likely N-dealkylation sites (N-methyl/N-ethyl adjacent to an activating group) is 1. The fraction of sp³-hybridized carbons (Fsp3) is 0.385. The van der Waals surface area contributed by atoms with Crippen molar-refractivity contribution >= 4 is 17.6 Å². The van der Waals surface area contributed by atoms with Crippen molar-refractivity contribution in [3.63, 3.8) is 0 Å². The Morgan fingerprint density at radius 2 is 2.06 bits per heavy atom. The average Bonchev–Trinajstić information content (AvgIpc) is 2.54. The van der Waals surface area contributed by atoms with Crippen LogP contribution in [-0.2, 0) is 19.9 Å². The highest BCUT2D eigenvalue weighted by atomic mass is 16.6. The van der Waals surface area contributed by atoms with Crippen molar-refractivity contribution in [3.05, 3.63) is 29.8 Å². The summed E-state index contributed by atoms with van der Waals surface area (Å²) >= 11 is 0. The molecule has 88 valence electrons. The number of hydrogen-bond acceptors (Lipinski definition) is 3. The first kappa shape index (κ1) is 10.3. The van der Waals surface area contributed by atoms with E-state index in [1.54, 1.807) is 11.9 Å². The lowest BCUT2D eigenvalue weighted by Gasteiger charge is -2.31. The van der Waals surface area contributed by atoms with Crippen molar-refractivity contribution in [2.75, 3.05) is 11.9 Å². The maximum atomic E-state index is 12.3. The summed E-state index contributed by atoms with van der Waals surface area (Å²) < 4.78 is 5.41. The van der Waals surface area contributed by atoms with Gasteiger partial charge in [0.2, 0.25) is 5.60 Å². The Hall–Kier alpha value is -1.84. The molecule has 3 rings (SSSR count). The first-order valence-corrected chi connectivity index (χ1v) is 5.75. The molecule has 4 heteroatoms. The standard InChI is InChI=1S/C13H13NO3/c1-14-10-6-3-2-5-9(10)13(12(14)16)8-4-7-11(15)17-13/h2-3,5-6H,4,7-8H2,1H3. The Morgan fingerprint density at radius 1 is 1.29 bits per heavy atom. The molecule has 4 nitrogen and oxygen atoms in total. The van der Waals surface area contributed by atoms with Gasteiger partial charge in [-0.05, 0) is 12.5 Å². The molecular weight excluding hydrogens is 218 g/mol. The van der Waals surface area contributed by atoms with E-state index < -0.39 is 5.60 Å². The van der Waals surface area contributed by atoms with E-state index in [4.69, 9.17) is 4.74 Å². The van der Waals surface area contributed by atoms with E-state index in [9.17, 15) is 9.59 Å². The highest BCUT2D eigenvalue weighted by molar-refractivity contribution is 6.07.